The van der Waals surface area contributed by atoms with Gasteiger partial charge in [-0.1, -0.05) is 27.7 Å². The van der Waals surface area contributed by atoms with Crippen molar-refractivity contribution >= 4 is 17.7 Å². The number of hydrogen-bond donors (Lipinski definition) is 2. The van der Waals surface area contributed by atoms with Gasteiger partial charge in [0.25, 0.3) is 0 Å². The summed E-state index contributed by atoms with van der Waals surface area (Å²) in [5, 5.41) is 2.97. The average molecular weight is 246 g/mol. The molecule has 0 aliphatic rings. The van der Waals surface area contributed by atoms with Crippen molar-refractivity contribution in [3.05, 3.63) is 0 Å². The highest BCUT2D eigenvalue weighted by Crippen LogP contribution is 2.29. The molecule has 0 bridgehead atoms. The first kappa shape index (κ1) is 15.8. The fraction of sp³-hybridized carbons (Fsp3) is 0.917. The number of rotatable bonds is 7. The molecular weight excluding hydrogens is 220 g/mol. The molecule has 0 aromatic heterocycles. The standard InChI is InChI=1S/C12H26N2OS/c1-6-12(7-2,16-5)8-14-11(15)10(13)9(3)4/h9-10H,6-8,13H2,1-5H3,(H,14,15)/t10-/m1/s1. The molecule has 0 aromatic rings. The molecule has 0 rings (SSSR count). The first-order chi connectivity index (χ1) is 7.42. The van der Waals surface area contributed by atoms with Crippen molar-refractivity contribution in [3.63, 3.8) is 0 Å². The Morgan fingerprint density at radius 2 is 1.88 bits per heavy atom. The van der Waals surface area contributed by atoms with Crippen LogP contribution in [0.15, 0.2) is 0 Å². The predicted octanol–water partition coefficient (Wildman–Crippen LogP) is 2.01. The molecule has 0 unspecified atom stereocenters. The zero-order chi connectivity index (χ0) is 12.8. The van der Waals surface area contributed by atoms with Crippen LogP contribution in [0.3, 0.4) is 0 Å². The molecule has 1 amide bonds. The van der Waals surface area contributed by atoms with E-state index < -0.39 is 6.04 Å². The van der Waals surface area contributed by atoms with Crippen molar-refractivity contribution in [2.75, 3.05) is 12.8 Å². The molecule has 4 heteroatoms. The van der Waals surface area contributed by atoms with Crippen molar-refractivity contribution in [1.29, 1.82) is 0 Å². The number of nitrogens with two attached hydrogens (primary N) is 1. The fourth-order valence-corrected chi connectivity index (χ4v) is 2.32. The van der Waals surface area contributed by atoms with E-state index in [2.05, 4.69) is 25.4 Å². The van der Waals surface area contributed by atoms with Crippen LogP contribution < -0.4 is 11.1 Å². The lowest BCUT2D eigenvalue weighted by Crippen LogP contribution is -2.48. The van der Waals surface area contributed by atoms with Gasteiger partial charge < -0.3 is 11.1 Å². The summed E-state index contributed by atoms with van der Waals surface area (Å²) < 4.78 is 0.159. The van der Waals surface area contributed by atoms with E-state index >= 15 is 0 Å². The van der Waals surface area contributed by atoms with Gasteiger partial charge in [0.1, 0.15) is 0 Å². The largest absolute Gasteiger partial charge is 0.353 e. The van der Waals surface area contributed by atoms with E-state index in [1.165, 1.54) is 0 Å². The van der Waals surface area contributed by atoms with Crippen molar-refractivity contribution in [2.24, 2.45) is 11.7 Å². The van der Waals surface area contributed by atoms with Crippen LogP contribution in [0.1, 0.15) is 40.5 Å². The summed E-state index contributed by atoms with van der Waals surface area (Å²) in [6, 6.07) is -0.395. The molecule has 0 aliphatic carbocycles. The van der Waals surface area contributed by atoms with Crippen molar-refractivity contribution in [2.45, 2.75) is 51.3 Å². The van der Waals surface area contributed by atoms with Crippen LogP contribution in [-0.2, 0) is 4.79 Å². The summed E-state index contributed by atoms with van der Waals surface area (Å²) in [6.45, 7) is 8.96. The Hall–Kier alpha value is -0.220. The maximum absolute atomic E-state index is 11.7. The van der Waals surface area contributed by atoms with E-state index in [1.54, 1.807) is 0 Å². The maximum atomic E-state index is 11.7. The zero-order valence-electron chi connectivity index (χ0n) is 11.2. The minimum atomic E-state index is -0.395. The summed E-state index contributed by atoms with van der Waals surface area (Å²) in [5.41, 5.74) is 5.79. The van der Waals surface area contributed by atoms with E-state index in [-0.39, 0.29) is 16.6 Å². The highest BCUT2D eigenvalue weighted by molar-refractivity contribution is 8.00. The SMILES string of the molecule is CCC(CC)(CNC(=O)[C@H](N)C(C)C)SC. The van der Waals surface area contributed by atoms with Crippen molar-refractivity contribution < 1.29 is 4.79 Å². The smallest absolute Gasteiger partial charge is 0.237 e. The zero-order valence-corrected chi connectivity index (χ0v) is 12.0. The molecule has 0 aliphatic heterocycles. The van der Waals surface area contributed by atoms with Gasteiger partial charge in [0, 0.05) is 11.3 Å². The lowest BCUT2D eigenvalue weighted by atomic mass is 10.0. The molecule has 0 saturated heterocycles. The second kappa shape index (κ2) is 7.17. The Morgan fingerprint density at radius 1 is 1.38 bits per heavy atom. The van der Waals surface area contributed by atoms with Crippen LogP contribution in [0.2, 0.25) is 0 Å². The van der Waals surface area contributed by atoms with E-state index in [4.69, 9.17) is 5.73 Å². The van der Waals surface area contributed by atoms with Crippen LogP contribution in [-0.4, -0.2) is 29.5 Å². The number of carbonyl (C=O) groups is 1. The lowest BCUT2D eigenvalue weighted by Gasteiger charge is -2.30. The van der Waals surface area contributed by atoms with Gasteiger partial charge in [-0.3, -0.25) is 4.79 Å². The second-order valence-corrected chi connectivity index (χ2v) is 5.86. The third kappa shape index (κ3) is 4.34. The van der Waals surface area contributed by atoms with Gasteiger partial charge in [0.15, 0.2) is 0 Å². The van der Waals surface area contributed by atoms with Crippen LogP contribution in [0, 0.1) is 5.92 Å². The first-order valence-electron chi connectivity index (χ1n) is 6.00. The van der Waals surface area contributed by atoms with Gasteiger partial charge in [-0.2, -0.15) is 11.8 Å². The minimum absolute atomic E-state index is 0.0321. The number of carbonyl (C=O) groups excluding carboxylic acids is 1. The first-order valence-corrected chi connectivity index (χ1v) is 7.23. The number of amides is 1. The monoisotopic (exact) mass is 246 g/mol. The molecule has 3 N–H and O–H groups in total. The predicted molar refractivity (Wildman–Crippen MR) is 72.7 cm³/mol. The number of nitrogens with one attached hydrogen (secondary N) is 1. The molecular formula is C12H26N2OS. The molecule has 0 heterocycles. The van der Waals surface area contributed by atoms with E-state index in [9.17, 15) is 4.79 Å². The molecule has 0 spiro atoms. The molecule has 1 atom stereocenters. The Bertz CT molecular complexity index is 207. The summed E-state index contributed by atoms with van der Waals surface area (Å²) in [7, 11) is 0. The molecule has 0 aromatic carbocycles. The number of thioether (sulfide) groups is 1. The van der Waals surface area contributed by atoms with E-state index in [0.717, 1.165) is 12.8 Å². The highest BCUT2D eigenvalue weighted by atomic mass is 32.2. The van der Waals surface area contributed by atoms with Gasteiger partial charge in [0.2, 0.25) is 5.91 Å². The highest BCUT2D eigenvalue weighted by Gasteiger charge is 2.26. The summed E-state index contributed by atoms with van der Waals surface area (Å²) in [5.74, 6) is 0.155. The lowest BCUT2D eigenvalue weighted by molar-refractivity contribution is -0.123. The second-order valence-electron chi connectivity index (χ2n) is 4.58. The third-order valence-corrected chi connectivity index (χ3v) is 4.92. The van der Waals surface area contributed by atoms with Gasteiger partial charge >= 0.3 is 0 Å². The van der Waals surface area contributed by atoms with Crippen LogP contribution in [0.25, 0.3) is 0 Å². The van der Waals surface area contributed by atoms with Crippen LogP contribution in [0.4, 0.5) is 0 Å². The quantitative estimate of drug-likeness (QED) is 0.722. The molecule has 0 fully saturated rings. The van der Waals surface area contributed by atoms with Gasteiger partial charge in [-0.05, 0) is 25.0 Å². The van der Waals surface area contributed by atoms with E-state index in [0.29, 0.717) is 6.54 Å². The molecule has 96 valence electrons. The van der Waals surface area contributed by atoms with Gasteiger partial charge in [-0.25, -0.2) is 0 Å². The fourth-order valence-electron chi connectivity index (χ4n) is 1.53. The normalized spacial score (nSPS) is 13.9. The molecule has 3 nitrogen and oxygen atoms in total. The molecule has 0 saturated carbocycles. The van der Waals surface area contributed by atoms with E-state index in [1.807, 2.05) is 25.6 Å². The topological polar surface area (TPSA) is 55.1 Å². The Kier molecular flexibility index (Phi) is 7.07. The average Bonchev–Trinajstić information content (AvgIpc) is 2.30. The maximum Gasteiger partial charge on any atom is 0.237 e. The van der Waals surface area contributed by atoms with Crippen LogP contribution >= 0.6 is 11.8 Å². The minimum Gasteiger partial charge on any atom is -0.353 e. The third-order valence-electron chi connectivity index (χ3n) is 3.33. The summed E-state index contributed by atoms with van der Waals surface area (Å²) >= 11 is 1.82. The summed E-state index contributed by atoms with van der Waals surface area (Å²) in [6.07, 6.45) is 4.21. The van der Waals surface area contributed by atoms with Crippen LogP contribution in [0.5, 0.6) is 0 Å². The summed E-state index contributed by atoms with van der Waals surface area (Å²) in [4.78, 5) is 11.7. The van der Waals surface area contributed by atoms with Crippen molar-refractivity contribution in [1.82, 2.24) is 5.32 Å². The van der Waals surface area contributed by atoms with Gasteiger partial charge in [-0.15, -0.1) is 0 Å². The Balaban J connectivity index is 4.26. The number of hydrogen-bond acceptors (Lipinski definition) is 3. The van der Waals surface area contributed by atoms with Crippen molar-refractivity contribution in [3.8, 4) is 0 Å². The Morgan fingerprint density at radius 3 is 2.19 bits per heavy atom. The molecule has 0 radical (unpaired) electrons. The van der Waals surface area contributed by atoms with Gasteiger partial charge in [0.05, 0.1) is 6.04 Å². The Labute approximate surface area is 104 Å². The molecule has 16 heavy (non-hydrogen) atoms.